The highest BCUT2D eigenvalue weighted by Crippen LogP contribution is 2.51. The van der Waals surface area contributed by atoms with Crippen LogP contribution in [0, 0.1) is 16.7 Å². The predicted molar refractivity (Wildman–Crippen MR) is 64.0 cm³/mol. The first-order valence-electron chi connectivity index (χ1n) is 6.63. The molecule has 0 bridgehead atoms. The van der Waals surface area contributed by atoms with E-state index in [1.54, 1.807) is 0 Å². The number of hydrogen-bond acceptors (Lipinski definition) is 2. The monoisotopic (exact) mass is 224 g/mol. The molecule has 2 aliphatic carbocycles. The SMILES string of the molecule is CC1(C)CCCC[C@@]1(C)C(=O)OCC1CC1. The molecule has 2 saturated carbocycles. The summed E-state index contributed by atoms with van der Waals surface area (Å²) in [5.74, 6) is 0.711. The molecule has 2 heteroatoms. The zero-order valence-corrected chi connectivity index (χ0v) is 10.8. The van der Waals surface area contributed by atoms with Crippen LogP contribution >= 0.6 is 0 Å². The molecule has 92 valence electrons. The van der Waals surface area contributed by atoms with Crippen LogP contribution < -0.4 is 0 Å². The lowest BCUT2D eigenvalue weighted by Crippen LogP contribution is -2.45. The molecule has 0 aromatic heterocycles. The molecular formula is C14H24O2. The standard InChI is InChI=1S/C14H24O2/c1-13(2)8-4-5-9-14(13,3)12(15)16-10-11-6-7-11/h11H,4-10H2,1-3H3/t14-/m0/s1. The largest absolute Gasteiger partial charge is 0.465 e. The Balaban J connectivity index is 1.99. The third-order valence-electron chi connectivity index (χ3n) is 4.82. The van der Waals surface area contributed by atoms with Crippen molar-refractivity contribution < 1.29 is 9.53 Å². The Kier molecular flexibility index (Phi) is 3.02. The summed E-state index contributed by atoms with van der Waals surface area (Å²) in [6, 6.07) is 0. The fourth-order valence-corrected chi connectivity index (χ4v) is 2.68. The Labute approximate surface area is 98.7 Å². The van der Waals surface area contributed by atoms with Gasteiger partial charge in [-0.1, -0.05) is 26.7 Å². The molecule has 0 N–H and O–H groups in total. The van der Waals surface area contributed by atoms with Crippen LogP contribution in [0.3, 0.4) is 0 Å². The van der Waals surface area contributed by atoms with Gasteiger partial charge in [-0.2, -0.15) is 0 Å². The summed E-state index contributed by atoms with van der Waals surface area (Å²) < 4.78 is 5.51. The molecule has 0 heterocycles. The summed E-state index contributed by atoms with van der Waals surface area (Å²) in [5.41, 5.74) is -0.175. The van der Waals surface area contributed by atoms with Gasteiger partial charge < -0.3 is 4.74 Å². The molecule has 2 nitrogen and oxygen atoms in total. The number of rotatable bonds is 3. The number of carbonyl (C=O) groups is 1. The van der Waals surface area contributed by atoms with Gasteiger partial charge in [-0.3, -0.25) is 4.79 Å². The Morgan fingerprint density at radius 3 is 2.38 bits per heavy atom. The van der Waals surface area contributed by atoms with Crippen LogP contribution in [-0.4, -0.2) is 12.6 Å². The lowest BCUT2D eigenvalue weighted by atomic mass is 9.59. The Morgan fingerprint density at radius 1 is 1.19 bits per heavy atom. The summed E-state index contributed by atoms with van der Waals surface area (Å²) >= 11 is 0. The van der Waals surface area contributed by atoms with E-state index in [2.05, 4.69) is 20.8 Å². The fourth-order valence-electron chi connectivity index (χ4n) is 2.68. The third-order valence-corrected chi connectivity index (χ3v) is 4.82. The number of hydrogen-bond donors (Lipinski definition) is 0. The van der Waals surface area contributed by atoms with Gasteiger partial charge in [0.2, 0.25) is 0 Å². The maximum absolute atomic E-state index is 12.2. The Morgan fingerprint density at radius 2 is 1.81 bits per heavy atom. The van der Waals surface area contributed by atoms with E-state index in [0.29, 0.717) is 12.5 Å². The van der Waals surface area contributed by atoms with Crippen LogP contribution in [-0.2, 0) is 9.53 Å². The van der Waals surface area contributed by atoms with E-state index in [1.807, 2.05) is 0 Å². The smallest absolute Gasteiger partial charge is 0.312 e. The lowest BCUT2D eigenvalue weighted by Gasteiger charge is -2.45. The van der Waals surface area contributed by atoms with Crippen LogP contribution in [0.5, 0.6) is 0 Å². The van der Waals surface area contributed by atoms with Gasteiger partial charge in [-0.15, -0.1) is 0 Å². The van der Waals surface area contributed by atoms with Gasteiger partial charge >= 0.3 is 5.97 Å². The van der Waals surface area contributed by atoms with E-state index in [-0.39, 0.29) is 16.8 Å². The van der Waals surface area contributed by atoms with Gasteiger partial charge in [0, 0.05) is 0 Å². The van der Waals surface area contributed by atoms with Gasteiger partial charge in [0.15, 0.2) is 0 Å². The molecular weight excluding hydrogens is 200 g/mol. The highest BCUT2D eigenvalue weighted by atomic mass is 16.5. The molecule has 0 unspecified atom stereocenters. The van der Waals surface area contributed by atoms with Crippen LogP contribution in [0.25, 0.3) is 0 Å². The van der Waals surface area contributed by atoms with Gasteiger partial charge in [0.1, 0.15) is 0 Å². The third kappa shape index (κ3) is 2.11. The van der Waals surface area contributed by atoms with E-state index in [1.165, 1.54) is 25.7 Å². The minimum absolute atomic E-state index is 0.0455. The Hall–Kier alpha value is -0.530. The Bertz CT molecular complexity index is 278. The van der Waals surface area contributed by atoms with E-state index < -0.39 is 0 Å². The summed E-state index contributed by atoms with van der Waals surface area (Å²) in [5, 5.41) is 0. The summed E-state index contributed by atoms with van der Waals surface area (Å²) in [7, 11) is 0. The fraction of sp³-hybridized carbons (Fsp3) is 0.929. The highest BCUT2D eigenvalue weighted by molar-refractivity contribution is 5.77. The van der Waals surface area contributed by atoms with Gasteiger partial charge in [0.05, 0.1) is 12.0 Å². The van der Waals surface area contributed by atoms with E-state index >= 15 is 0 Å². The maximum Gasteiger partial charge on any atom is 0.312 e. The molecule has 0 aromatic carbocycles. The van der Waals surface area contributed by atoms with Crippen LogP contribution in [0.4, 0.5) is 0 Å². The molecule has 0 aliphatic heterocycles. The van der Waals surface area contributed by atoms with Crippen molar-refractivity contribution in [2.75, 3.05) is 6.61 Å². The zero-order chi connectivity index (χ0) is 11.8. The second-order valence-electron chi connectivity index (χ2n) is 6.46. The average molecular weight is 224 g/mol. The second kappa shape index (κ2) is 4.05. The van der Waals surface area contributed by atoms with Crippen molar-refractivity contribution >= 4 is 5.97 Å². The molecule has 16 heavy (non-hydrogen) atoms. The van der Waals surface area contributed by atoms with E-state index in [9.17, 15) is 4.79 Å². The van der Waals surface area contributed by atoms with E-state index in [4.69, 9.17) is 4.74 Å². The number of carbonyl (C=O) groups excluding carboxylic acids is 1. The van der Waals surface area contributed by atoms with Crippen molar-refractivity contribution in [3.8, 4) is 0 Å². The molecule has 0 amide bonds. The number of ether oxygens (including phenoxy) is 1. The predicted octanol–water partition coefficient (Wildman–Crippen LogP) is 3.55. The first kappa shape index (κ1) is 11.9. The quantitative estimate of drug-likeness (QED) is 0.685. The van der Waals surface area contributed by atoms with Crippen molar-refractivity contribution in [3.63, 3.8) is 0 Å². The maximum atomic E-state index is 12.2. The van der Waals surface area contributed by atoms with Gasteiger partial charge in [0.25, 0.3) is 0 Å². The van der Waals surface area contributed by atoms with Crippen LogP contribution in [0.2, 0.25) is 0 Å². The van der Waals surface area contributed by atoms with Crippen molar-refractivity contribution in [2.45, 2.75) is 59.3 Å². The summed E-state index contributed by atoms with van der Waals surface area (Å²) in [6.45, 7) is 7.18. The van der Waals surface area contributed by atoms with Gasteiger partial charge in [-0.05, 0) is 43.9 Å². The molecule has 2 rings (SSSR count). The van der Waals surface area contributed by atoms with Crippen LogP contribution in [0.15, 0.2) is 0 Å². The minimum Gasteiger partial charge on any atom is -0.465 e. The molecule has 0 spiro atoms. The van der Waals surface area contributed by atoms with E-state index in [0.717, 1.165) is 12.8 Å². The lowest BCUT2D eigenvalue weighted by molar-refractivity contribution is -0.166. The minimum atomic E-state index is -0.264. The molecule has 2 fully saturated rings. The first-order valence-corrected chi connectivity index (χ1v) is 6.63. The molecule has 0 aromatic rings. The molecule has 0 saturated heterocycles. The van der Waals surface area contributed by atoms with Gasteiger partial charge in [-0.25, -0.2) is 0 Å². The van der Waals surface area contributed by atoms with Crippen molar-refractivity contribution in [1.29, 1.82) is 0 Å². The summed E-state index contributed by atoms with van der Waals surface area (Å²) in [6.07, 6.45) is 7.03. The average Bonchev–Trinajstić information content (AvgIpc) is 3.02. The van der Waals surface area contributed by atoms with Crippen molar-refractivity contribution in [3.05, 3.63) is 0 Å². The normalized spacial score (nSPS) is 33.4. The highest BCUT2D eigenvalue weighted by Gasteiger charge is 2.49. The zero-order valence-electron chi connectivity index (χ0n) is 10.8. The van der Waals surface area contributed by atoms with Crippen molar-refractivity contribution in [2.24, 2.45) is 16.7 Å². The summed E-state index contributed by atoms with van der Waals surface area (Å²) in [4.78, 5) is 12.2. The molecule has 1 atom stereocenters. The van der Waals surface area contributed by atoms with Crippen molar-refractivity contribution in [1.82, 2.24) is 0 Å². The number of esters is 1. The molecule has 2 aliphatic rings. The topological polar surface area (TPSA) is 26.3 Å². The molecule has 0 radical (unpaired) electrons. The first-order chi connectivity index (χ1) is 7.46. The second-order valence-corrected chi connectivity index (χ2v) is 6.46. The van der Waals surface area contributed by atoms with Crippen LogP contribution in [0.1, 0.15) is 59.3 Å².